The number of ether oxygens (including phenoxy) is 1. The topological polar surface area (TPSA) is 35.2 Å². The van der Waals surface area contributed by atoms with Crippen molar-refractivity contribution in [3.63, 3.8) is 0 Å². The van der Waals surface area contributed by atoms with Gasteiger partial charge in [-0.15, -0.1) is 0 Å². The van der Waals surface area contributed by atoms with E-state index in [0.717, 1.165) is 5.56 Å². The molecular weight excluding hydrogens is 230 g/mol. The summed E-state index contributed by atoms with van der Waals surface area (Å²) in [4.78, 5) is 0. The maximum absolute atomic E-state index is 5.84. The summed E-state index contributed by atoms with van der Waals surface area (Å²) < 4.78 is 5.56. The van der Waals surface area contributed by atoms with Gasteiger partial charge in [0.25, 0.3) is 0 Å². The van der Waals surface area contributed by atoms with E-state index in [1.54, 1.807) is 29.5 Å². The smallest absolute Gasteiger partial charge is 0.144 e. The third-order valence-corrected chi connectivity index (χ3v) is 2.92. The molecule has 0 bridgehead atoms. The molecule has 0 radical (unpaired) electrons. The number of hydrogen-bond donors (Lipinski definition) is 1. The average molecular weight is 240 g/mol. The number of nitrogen functional groups attached to an aromatic ring is 1. The summed E-state index contributed by atoms with van der Waals surface area (Å²) >= 11 is 7.49. The van der Waals surface area contributed by atoms with Gasteiger partial charge in [0, 0.05) is 11.1 Å². The molecule has 1 heterocycles. The fraction of sp³-hybridized carbons (Fsp3) is 0.0909. The quantitative estimate of drug-likeness (QED) is 0.832. The molecule has 1 aromatic carbocycles. The highest BCUT2D eigenvalue weighted by atomic mass is 35.5. The first-order valence-electron chi connectivity index (χ1n) is 4.44. The minimum Gasteiger partial charge on any atom is -0.487 e. The van der Waals surface area contributed by atoms with Gasteiger partial charge in [0.2, 0.25) is 0 Å². The first-order valence-corrected chi connectivity index (χ1v) is 5.76. The summed E-state index contributed by atoms with van der Waals surface area (Å²) in [6.45, 7) is 0.522. The van der Waals surface area contributed by atoms with Crippen LogP contribution in [0.25, 0.3) is 0 Å². The molecule has 0 spiro atoms. The van der Waals surface area contributed by atoms with Crippen molar-refractivity contribution in [2.75, 3.05) is 5.73 Å². The molecule has 2 nitrogen and oxygen atoms in total. The van der Waals surface area contributed by atoms with Gasteiger partial charge in [-0.3, -0.25) is 0 Å². The molecule has 2 N–H and O–H groups in total. The van der Waals surface area contributed by atoms with Crippen LogP contribution in [0.2, 0.25) is 5.02 Å². The highest BCUT2D eigenvalue weighted by Gasteiger charge is 2.02. The SMILES string of the molecule is Nc1ccc(Cl)cc1OCc1ccsc1. The maximum Gasteiger partial charge on any atom is 0.144 e. The van der Waals surface area contributed by atoms with Crippen LogP contribution in [0.3, 0.4) is 0 Å². The molecule has 2 aromatic rings. The van der Waals surface area contributed by atoms with Crippen LogP contribution in [-0.4, -0.2) is 0 Å². The summed E-state index contributed by atoms with van der Waals surface area (Å²) in [6.07, 6.45) is 0. The van der Waals surface area contributed by atoms with Crippen molar-refractivity contribution in [2.24, 2.45) is 0 Å². The molecule has 0 fully saturated rings. The summed E-state index contributed by atoms with van der Waals surface area (Å²) in [7, 11) is 0. The Bertz CT molecular complexity index is 442. The van der Waals surface area contributed by atoms with Crippen molar-refractivity contribution in [1.29, 1.82) is 0 Å². The second-order valence-corrected chi connectivity index (χ2v) is 4.32. The average Bonchev–Trinajstić information content (AvgIpc) is 2.72. The standard InChI is InChI=1S/C11H10ClNOS/c12-9-1-2-10(13)11(5-9)14-6-8-3-4-15-7-8/h1-5,7H,6,13H2. The normalized spacial score (nSPS) is 10.2. The second-order valence-electron chi connectivity index (χ2n) is 3.10. The Hall–Kier alpha value is -1.19. The van der Waals surface area contributed by atoms with E-state index in [1.807, 2.05) is 16.8 Å². The molecule has 0 aliphatic carbocycles. The number of hydrogen-bond acceptors (Lipinski definition) is 3. The predicted octanol–water partition coefficient (Wildman–Crippen LogP) is 3.56. The molecule has 15 heavy (non-hydrogen) atoms. The third kappa shape index (κ3) is 2.64. The highest BCUT2D eigenvalue weighted by Crippen LogP contribution is 2.26. The van der Waals surface area contributed by atoms with E-state index in [2.05, 4.69) is 0 Å². The van der Waals surface area contributed by atoms with Gasteiger partial charge in [-0.1, -0.05) is 11.6 Å². The van der Waals surface area contributed by atoms with E-state index in [4.69, 9.17) is 22.1 Å². The first kappa shape index (κ1) is 10.3. The third-order valence-electron chi connectivity index (χ3n) is 1.95. The van der Waals surface area contributed by atoms with Gasteiger partial charge in [-0.25, -0.2) is 0 Å². The predicted molar refractivity (Wildman–Crippen MR) is 64.5 cm³/mol. The van der Waals surface area contributed by atoms with Crippen molar-refractivity contribution in [3.05, 3.63) is 45.6 Å². The monoisotopic (exact) mass is 239 g/mol. The molecule has 0 saturated carbocycles. The Morgan fingerprint density at radius 2 is 2.20 bits per heavy atom. The van der Waals surface area contributed by atoms with Crippen LogP contribution in [0.4, 0.5) is 5.69 Å². The van der Waals surface area contributed by atoms with Crippen LogP contribution in [0.5, 0.6) is 5.75 Å². The number of rotatable bonds is 3. The molecule has 0 aliphatic heterocycles. The Kier molecular flexibility index (Phi) is 3.14. The van der Waals surface area contributed by atoms with Gasteiger partial charge in [0.1, 0.15) is 12.4 Å². The molecule has 1 aromatic heterocycles. The largest absolute Gasteiger partial charge is 0.487 e. The van der Waals surface area contributed by atoms with Crippen molar-refractivity contribution in [3.8, 4) is 5.75 Å². The van der Waals surface area contributed by atoms with Crippen LogP contribution >= 0.6 is 22.9 Å². The minimum atomic E-state index is 0.522. The molecule has 2 rings (SSSR count). The molecule has 0 atom stereocenters. The van der Waals surface area contributed by atoms with Crippen LogP contribution in [0, 0.1) is 0 Å². The van der Waals surface area contributed by atoms with Gasteiger partial charge in [-0.05, 0) is 34.5 Å². The van der Waals surface area contributed by atoms with E-state index < -0.39 is 0 Å². The minimum absolute atomic E-state index is 0.522. The number of halogens is 1. The Morgan fingerprint density at radius 1 is 1.33 bits per heavy atom. The van der Waals surface area contributed by atoms with E-state index in [-0.39, 0.29) is 0 Å². The zero-order valence-corrected chi connectivity index (χ0v) is 9.52. The molecule has 78 valence electrons. The van der Waals surface area contributed by atoms with E-state index >= 15 is 0 Å². The Morgan fingerprint density at radius 3 is 2.93 bits per heavy atom. The van der Waals surface area contributed by atoms with Crippen LogP contribution in [0.15, 0.2) is 35.0 Å². The number of benzene rings is 1. The Labute approximate surface area is 97.3 Å². The van der Waals surface area contributed by atoms with Gasteiger partial charge >= 0.3 is 0 Å². The Balaban J connectivity index is 2.07. The fourth-order valence-electron chi connectivity index (χ4n) is 1.17. The molecule has 0 saturated heterocycles. The summed E-state index contributed by atoms with van der Waals surface area (Å²) in [5.74, 6) is 0.633. The van der Waals surface area contributed by atoms with Crippen molar-refractivity contribution >= 4 is 28.6 Å². The number of anilines is 1. The first-order chi connectivity index (χ1) is 7.25. The van der Waals surface area contributed by atoms with Crippen LogP contribution in [-0.2, 0) is 6.61 Å². The van der Waals surface area contributed by atoms with E-state index in [9.17, 15) is 0 Å². The van der Waals surface area contributed by atoms with E-state index in [0.29, 0.717) is 23.1 Å². The van der Waals surface area contributed by atoms with Crippen molar-refractivity contribution in [1.82, 2.24) is 0 Å². The fourth-order valence-corrected chi connectivity index (χ4v) is 1.98. The van der Waals surface area contributed by atoms with Gasteiger partial charge in [-0.2, -0.15) is 11.3 Å². The lowest BCUT2D eigenvalue weighted by molar-refractivity contribution is 0.308. The lowest BCUT2D eigenvalue weighted by Crippen LogP contribution is -1.97. The van der Waals surface area contributed by atoms with E-state index in [1.165, 1.54) is 0 Å². The van der Waals surface area contributed by atoms with Crippen molar-refractivity contribution < 1.29 is 4.74 Å². The van der Waals surface area contributed by atoms with Gasteiger partial charge in [0.05, 0.1) is 5.69 Å². The summed E-state index contributed by atoms with van der Waals surface area (Å²) in [5.41, 5.74) is 7.49. The highest BCUT2D eigenvalue weighted by molar-refractivity contribution is 7.07. The lowest BCUT2D eigenvalue weighted by atomic mass is 10.3. The van der Waals surface area contributed by atoms with Crippen LogP contribution in [0.1, 0.15) is 5.56 Å². The maximum atomic E-state index is 5.84. The number of thiophene rings is 1. The summed E-state index contributed by atoms with van der Waals surface area (Å²) in [5, 5.41) is 4.69. The number of nitrogens with two attached hydrogens (primary N) is 1. The molecule has 4 heteroatoms. The second kappa shape index (κ2) is 4.55. The zero-order chi connectivity index (χ0) is 10.7. The zero-order valence-electron chi connectivity index (χ0n) is 7.94. The molecule has 0 aliphatic rings. The lowest BCUT2D eigenvalue weighted by Gasteiger charge is -2.07. The van der Waals surface area contributed by atoms with Crippen LogP contribution < -0.4 is 10.5 Å². The van der Waals surface area contributed by atoms with Gasteiger partial charge < -0.3 is 10.5 Å². The van der Waals surface area contributed by atoms with Gasteiger partial charge in [0.15, 0.2) is 0 Å². The summed E-state index contributed by atoms with van der Waals surface area (Å²) in [6, 6.07) is 7.23. The van der Waals surface area contributed by atoms with Crippen molar-refractivity contribution in [2.45, 2.75) is 6.61 Å². The molecule has 0 unspecified atom stereocenters. The molecular formula is C11H10ClNOS. The molecule has 0 amide bonds.